The summed E-state index contributed by atoms with van der Waals surface area (Å²) in [4.78, 5) is 11.7. The fraction of sp³-hybridized carbons (Fsp3) is 0.500. The quantitative estimate of drug-likeness (QED) is 0.769. The zero-order valence-corrected chi connectivity index (χ0v) is 11.2. The average Bonchev–Trinajstić information content (AvgIpc) is 2.31. The van der Waals surface area contributed by atoms with Crippen LogP contribution in [-0.2, 0) is 9.53 Å². The van der Waals surface area contributed by atoms with Crippen molar-refractivity contribution >= 4 is 17.6 Å². The number of ether oxygens (including phenoxy) is 2. The van der Waals surface area contributed by atoms with Crippen molar-refractivity contribution in [3.63, 3.8) is 0 Å². The highest BCUT2D eigenvalue weighted by molar-refractivity contribution is 6.30. The molecule has 1 unspecified atom stereocenters. The van der Waals surface area contributed by atoms with Gasteiger partial charge in [0.2, 0.25) is 0 Å². The van der Waals surface area contributed by atoms with Crippen LogP contribution in [0, 0.1) is 11.8 Å². The third-order valence-corrected chi connectivity index (χ3v) is 3.68. The third kappa shape index (κ3) is 3.16. The summed E-state index contributed by atoms with van der Waals surface area (Å²) >= 11 is 5.88. The molecule has 1 aliphatic carbocycles. The minimum absolute atomic E-state index is 0.164. The van der Waals surface area contributed by atoms with Gasteiger partial charge in [0, 0.05) is 5.02 Å². The first-order valence-corrected chi connectivity index (χ1v) is 6.54. The lowest BCUT2D eigenvalue weighted by molar-refractivity contribution is -0.150. The number of esters is 1. The van der Waals surface area contributed by atoms with Gasteiger partial charge in [0.05, 0.1) is 13.0 Å². The third-order valence-electron chi connectivity index (χ3n) is 3.45. The van der Waals surface area contributed by atoms with E-state index in [9.17, 15) is 4.79 Å². The number of benzene rings is 1. The van der Waals surface area contributed by atoms with Gasteiger partial charge in [0.15, 0.2) is 0 Å². The highest BCUT2D eigenvalue weighted by Gasteiger charge is 2.33. The smallest absolute Gasteiger partial charge is 0.312 e. The lowest BCUT2D eigenvalue weighted by atomic mass is 9.76. The number of hydrogen-bond donors (Lipinski definition) is 0. The molecular weight excluding hydrogens is 252 g/mol. The zero-order chi connectivity index (χ0) is 13.0. The normalized spacial score (nSPS) is 16.8. The summed E-state index contributed by atoms with van der Waals surface area (Å²) < 4.78 is 10.5. The van der Waals surface area contributed by atoms with Crippen molar-refractivity contribution in [2.24, 2.45) is 11.8 Å². The first kappa shape index (κ1) is 13.2. The van der Waals surface area contributed by atoms with Crippen LogP contribution >= 0.6 is 11.6 Å². The molecule has 0 spiro atoms. The molecule has 0 aliphatic heterocycles. The van der Waals surface area contributed by atoms with Gasteiger partial charge in [-0.05, 0) is 37.0 Å². The molecule has 0 bridgehead atoms. The van der Waals surface area contributed by atoms with Crippen molar-refractivity contribution in [2.45, 2.75) is 19.3 Å². The van der Waals surface area contributed by atoms with Gasteiger partial charge in [-0.15, -0.1) is 0 Å². The standard InChI is InChI=1S/C14H17ClO3/c1-17-14(16)13(10-4-2-5-10)9-18-12-7-3-6-11(15)8-12/h3,6-8,10,13H,2,4-5,9H2,1H3. The van der Waals surface area contributed by atoms with Crippen molar-refractivity contribution in [3.05, 3.63) is 29.3 Å². The molecule has 1 aliphatic rings. The van der Waals surface area contributed by atoms with Crippen molar-refractivity contribution in [3.8, 4) is 5.75 Å². The summed E-state index contributed by atoms with van der Waals surface area (Å²) in [6, 6.07) is 7.20. The Balaban J connectivity index is 1.94. The van der Waals surface area contributed by atoms with Crippen LogP contribution in [0.15, 0.2) is 24.3 Å². The maximum absolute atomic E-state index is 11.7. The molecule has 3 nitrogen and oxygen atoms in total. The Labute approximate surface area is 112 Å². The molecule has 0 aromatic heterocycles. The van der Waals surface area contributed by atoms with Gasteiger partial charge in [-0.25, -0.2) is 0 Å². The molecule has 0 amide bonds. The van der Waals surface area contributed by atoms with E-state index in [1.807, 2.05) is 12.1 Å². The van der Waals surface area contributed by atoms with Gasteiger partial charge in [-0.3, -0.25) is 4.79 Å². The first-order valence-electron chi connectivity index (χ1n) is 6.17. The summed E-state index contributed by atoms with van der Waals surface area (Å²) in [5.41, 5.74) is 0. The van der Waals surface area contributed by atoms with E-state index in [1.165, 1.54) is 13.5 Å². The molecule has 0 N–H and O–H groups in total. The molecule has 2 rings (SSSR count). The number of rotatable bonds is 5. The van der Waals surface area contributed by atoms with Gasteiger partial charge in [0.25, 0.3) is 0 Å². The Morgan fingerprint density at radius 3 is 2.83 bits per heavy atom. The lowest BCUT2D eigenvalue weighted by Crippen LogP contribution is -2.34. The molecule has 1 aromatic rings. The summed E-state index contributed by atoms with van der Waals surface area (Å²) in [6.45, 7) is 0.359. The maximum Gasteiger partial charge on any atom is 0.312 e. The van der Waals surface area contributed by atoms with Crippen LogP contribution in [-0.4, -0.2) is 19.7 Å². The van der Waals surface area contributed by atoms with E-state index in [1.54, 1.807) is 12.1 Å². The second-order valence-electron chi connectivity index (χ2n) is 4.59. The molecule has 98 valence electrons. The molecule has 0 heterocycles. The van der Waals surface area contributed by atoms with Crippen molar-refractivity contribution in [2.75, 3.05) is 13.7 Å². The Morgan fingerprint density at radius 2 is 2.28 bits per heavy atom. The van der Waals surface area contributed by atoms with Crippen molar-refractivity contribution in [1.29, 1.82) is 0 Å². The molecular formula is C14H17ClO3. The summed E-state index contributed by atoms with van der Waals surface area (Å²) in [6.07, 6.45) is 3.35. The average molecular weight is 269 g/mol. The molecule has 1 aromatic carbocycles. The van der Waals surface area contributed by atoms with Gasteiger partial charge < -0.3 is 9.47 Å². The Hall–Kier alpha value is -1.22. The first-order chi connectivity index (χ1) is 8.70. The molecule has 0 radical (unpaired) electrons. The minimum Gasteiger partial charge on any atom is -0.493 e. The summed E-state index contributed by atoms with van der Waals surface area (Å²) in [5.74, 6) is 0.747. The number of hydrogen-bond acceptors (Lipinski definition) is 3. The number of halogens is 1. The summed E-state index contributed by atoms with van der Waals surface area (Å²) in [7, 11) is 1.42. The Morgan fingerprint density at radius 1 is 1.50 bits per heavy atom. The van der Waals surface area contributed by atoms with Crippen LogP contribution in [0.3, 0.4) is 0 Å². The fourth-order valence-electron chi connectivity index (χ4n) is 2.13. The van der Waals surface area contributed by atoms with Gasteiger partial charge in [-0.1, -0.05) is 24.1 Å². The second kappa shape index (κ2) is 6.10. The maximum atomic E-state index is 11.7. The minimum atomic E-state index is -0.179. The number of carbonyl (C=O) groups is 1. The van der Waals surface area contributed by atoms with Crippen LogP contribution < -0.4 is 4.74 Å². The molecule has 4 heteroatoms. The largest absolute Gasteiger partial charge is 0.493 e. The molecule has 1 saturated carbocycles. The van der Waals surface area contributed by atoms with E-state index in [-0.39, 0.29) is 11.9 Å². The van der Waals surface area contributed by atoms with Gasteiger partial charge in [0.1, 0.15) is 12.4 Å². The second-order valence-corrected chi connectivity index (χ2v) is 5.03. The van der Waals surface area contributed by atoms with Crippen molar-refractivity contribution < 1.29 is 14.3 Å². The van der Waals surface area contributed by atoms with Gasteiger partial charge >= 0.3 is 5.97 Å². The SMILES string of the molecule is COC(=O)C(COc1cccc(Cl)c1)C1CCC1. The topological polar surface area (TPSA) is 35.5 Å². The number of carbonyl (C=O) groups excluding carboxylic acids is 1. The number of methoxy groups -OCH3 is 1. The van der Waals surface area contributed by atoms with Gasteiger partial charge in [-0.2, -0.15) is 0 Å². The monoisotopic (exact) mass is 268 g/mol. The molecule has 1 fully saturated rings. The highest BCUT2D eigenvalue weighted by atomic mass is 35.5. The Kier molecular flexibility index (Phi) is 4.48. The molecule has 1 atom stereocenters. The van der Waals surface area contributed by atoms with E-state index in [4.69, 9.17) is 21.1 Å². The van der Waals surface area contributed by atoms with Crippen LogP contribution in [0.2, 0.25) is 5.02 Å². The zero-order valence-electron chi connectivity index (χ0n) is 10.4. The lowest BCUT2D eigenvalue weighted by Gasteiger charge is -2.31. The van der Waals surface area contributed by atoms with E-state index >= 15 is 0 Å². The van der Waals surface area contributed by atoms with Crippen LogP contribution in [0.5, 0.6) is 5.75 Å². The predicted octanol–water partition coefficient (Wildman–Crippen LogP) is 3.31. The predicted molar refractivity (Wildman–Crippen MR) is 69.8 cm³/mol. The summed E-state index contributed by atoms with van der Waals surface area (Å²) in [5, 5.41) is 0.630. The fourth-order valence-corrected chi connectivity index (χ4v) is 2.31. The Bertz CT molecular complexity index is 415. The van der Waals surface area contributed by atoms with E-state index in [0.717, 1.165) is 12.8 Å². The van der Waals surface area contributed by atoms with Crippen LogP contribution in [0.25, 0.3) is 0 Å². The van der Waals surface area contributed by atoms with E-state index in [2.05, 4.69) is 0 Å². The van der Waals surface area contributed by atoms with E-state index in [0.29, 0.717) is 23.3 Å². The van der Waals surface area contributed by atoms with Crippen LogP contribution in [0.1, 0.15) is 19.3 Å². The van der Waals surface area contributed by atoms with E-state index < -0.39 is 0 Å². The highest BCUT2D eigenvalue weighted by Crippen LogP contribution is 2.34. The molecule has 18 heavy (non-hydrogen) atoms. The van der Waals surface area contributed by atoms with Crippen LogP contribution in [0.4, 0.5) is 0 Å². The van der Waals surface area contributed by atoms with Crippen molar-refractivity contribution in [1.82, 2.24) is 0 Å². The molecule has 0 saturated heterocycles.